The summed E-state index contributed by atoms with van der Waals surface area (Å²) in [4.78, 5) is 69.8. The maximum atomic E-state index is 12.7. The van der Waals surface area contributed by atoms with E-state index in [0.717, 1.165) is 87.6 Å². The predicted molar refractivity (Wildman–Crippen MR) is 317 cm³/mol. The standard InChI is InChI=1S/2C32H16N8.Ga.H2O.V/c2*1-2-10-18-17(9-1)25-33-26(18)38-28-21-13-5-6-14-22(21)30(35-28)40-32-24-16-8-7-15-23(24)31(36-32)39-29-20-12-4-3-11-19(20)27(34-29)37-25;;;/h2*1-16H;;1H2;/q2*-2;+3;;+2/p-1. The third kappa shape index (κ3) is 7.08. The summed E-state index contributed by atoms with van der Waals surface area (Å²) in [7, 11) is 0. The van der Waals surface area contributed by atoms with Crippen LogP contribution in [0.25, 0.3) is 111 Å². The summed E-state index contributed by atoms with van der Waals surface area (Å²) in [5.74, 6) is 5.72. The maximum Gasteiger partial charge on any atom is 2.00 e. The van der Waals surface area contributed by atoms with E-state index in [1.807, 2.05) is 201 Å². The average molecular weight is 1160 g/mol. The van der Waals surface area contributed by atoms with Crippen LogP contribution in [0.2, 0.25) is 0 Å². The Kier molecular flexibility index (Phi) is 10.3. The van der Waals surface area contributed by atoms with Crippen molar-refractivity contribution < 1.29 is 22.5 Å². The van der Waals surface area contributed by atoms with Gasteiger partial charge in [0.25, 0.3) is 0 Å². The molecule has 383 valence electrons. The van der Waals surface area contributed by atoms with Gasteiger partial charge in [-0.05, 0) is 21.5 Å². The smallest absolute Gasteiger partial charge is 0.357 e. The van der Waals surface area contributed by atoms with E-state index in [4.69, 9.17) is 69.8 Å². The van der Waals surface area contributed by atoms with E-state index >= 15 is 0 Å². The van der Waals surface area contributed by atoms with Crippen molar-refractivity contribution >= 4 is 118 Å². The average Bonchev–Trinajstić information content (AvgIpc) is 2.32. The van der Waals surface area contributed by atoms with Gasteiger partial charge in [-0.25, -0.2) is 9.97 Å². The molecule has 0 unspecified atom stereocenters. The molecule has 6 aliphatic heterocycles. The van der Waals surface area contributed by atoms with Crippen LogP contribution in [0, 0.1) is 0 Å². The van der Waals surface area contributed by atoms with Crippen LogP contribution < -0.4 is 20.9 Å². The fourth-order valence-corrected chi connectivity index (χ4v) is 15.8. The van der Waals surface area contributed by atoms with Crippen LogP contribution in [-0.4, -0.2) is 80.8 Å². The first-order valence-electron chi connectivity index (χ1n) is 26.5. The molecule has 0 saturated carbocycles. The molecule has 0 atom stereocenters. The molecule has 0 fully saturated rings. The minimum atomic E-state index is -3.85. The van der Waals surface area contributed by atoms with Crippen molar-refractivity contribution in [2.75, 3.05) is 0 Å². The molecule has 1 radical (unpaired) electrons. The van der Waals surface area contributed by atoms with Gasteiger partial charge in [0.15, 0.2) is 0 Å². The zero-order chi connectivity index (χ0) is 53.7. The Labute approximate surface area is 486 Å². The van der Waals surface area contributed by atoms with Crippen LogP contribution in [0.15, 0.2) is 224 Å². The van der Waals surface area contributed by atoms with Gasteiger partial charge in [-0.2, -0.15) is 0 Å². The Morgan fingerprint density at radius 1 is 0.277 bits per heavy atom. The van der Waals surface area contributed by atoms with Crippen molar-refractivity contribution in [2.24, 2.45) is 30.0 Å². The van der Waals surface area contributed by atoms with Crippen molar-refractivity contribution in [3.63, 3.8) is 0 Å². The summed E-state index contributed by atoms with van der Waals surface area (Å²) >= 11 is -3.85. The molecule has 14 bridgehead atoms. The number of hydrogen-bond donors (Lipinski definition) is 1. The van der Waals surface area contributed by atoms with Crippen LogP contribution in [-0.2, 0) is 18.6 Å². The van der Waals surface area contributed by atoms with E-state index < -0.39 is 17.1 Å². The summed E-state index contributed by atoms with van der Waals surface area (Å²) < 4.78 is 16.6. The molecule has 6 aliphatic rings. The number of aliphatic imine (C=N–C) groups is 4. The van der Waals surface area contributed by atoms with Gasteiger partial charge in [-0.3, -0.25) is 0 Å². The second-order valence-corrected chi connectivity index (χ2v) is 23.8. The number of aromatic nitrogens is 10. The third-order valence-corrected chi connectivity index (χ3v) is 19.6. The van der Waals surface area contributed by atoms with Crippen molar-refractivity contribution in [1.82, 2.24) is 46.4 Å². The van der Waals surface area contributed by atoms with E-state index in [1.165, 1.54) is 0 Å². The normalized spacial score (nSPS) is 13.7. The van der Waals surface area contributed by atoms with E-state index in [9.17, 15) is 3.90 Å². The molecule has 8 aromatic carbocycles. The summed E-state index contributed by atoms with van der Waals surface area (Å²) in [6, 6.07) is 63.9. The molecule has 1 N–H and O–H groups in total. The minimum Gasteiger partial charge on any atom is -0.357 e. The van der Waals surface area contributed by atoms with E-state index in [1.54, 1.807) is 0 Å². The van der Waals surface area contributed by atoms with Gasteiger partial charge in [-0.1, -0.05) is 97.1 Å². The van der Waals surface area contributed by atoms with Crippen molar-refractivity contribution in [2.45, 2.75) is 0 Å². The zero-order valence-electron chi connectivity index (χ0n) is 43.1. The molecule has 17 nitrogen and oxygen atoms in total. The monoisotopic (exact) mass is 1160 g/mol. The Balaban J connectivity index is 0.000000130. The summed E-state index contributed by atoms with van der Waals surface area (Å²) in [6.07, 6.45) is 0. The quantitative estimate of drug-likeness (QED) is 0.143. The topological polar surface area (TPSA) is 210 Å². The molecule has 19 rings (SSSR count). The van der Waals surface area contributed by atoms with Gasteiger partial charge in [0.1, 0.15) is 0 Å². The van der Waals surface area contributed by atoms with Crippen LogP contribution in [0.1, 0.15) is 22.3 Å². The number of amidine groups is 4. The van der Waals surface area contributed by atoms with Gasteiger partial charge in [0.05, 0.1) is 23.3 Å². The van der Waals surface area contributed by atoms with Crippen LogP contribution in [0.5, 0.6) is 0 Å². The van der Waals surface area contributed by atoms with Gasteiger partial charge in [-0.15, -0.1) is 0 Å². The molecule has 19 heteroatoms. The summed E-state index contributed by atoms with van der Waals surface area (Å²) in [5.41, 5.74) is 10.6. The largest absolute Gasteiger partial charge is 2.00 e. The number of benzene rings is 8. The first-order valence-corrected chi connectivity index (χ1v) is 29.8. The summed E-state index contributed by atoms with van der Waals surface area (Å²) in [5, 5.41) is 7.13. The molecule has 11 heterocycles. The van der Waals surface area contributed by atoms with Crippen molar-refractivity contribution in [1.29, 1.82) is 0 Å². The molecule has 0 spiro atoms. The Morgan fingerprint density at radius 2 is 0.542 bits per heavy atom. The molecule has 0 amide bonds. The molecule has 83 heavy (non-hydrogen) atoms. The molecule has 13 aromatic rings. The molecule has 0 aliphatic carbocycles. The maximum absolute atomic E-state index is 12.7. The van der Waals surface area contributed by atoms with Crippen molar-refractivity contribution in [3.8, 4) is 45.6 Å². The number of hydrogen-bond acceptors (Lipinski definition) is 13. The first-order chi connectivity index (χ1) is 40.5. The second kappa shape index (κ2) is 18.1. The number of nitrogens with zero attached hydrogens (tertiary/aromatic N) is 16. The SMILES string of the molecule is [OH][Ga]1[n]2c3c4ccccc4c2N=C2N=C(N=c4c5ccccc5c([n]41)=NC1=NC(=N3)c3ccccc31)c1ccccc12.[V+2].c1ccc2c(c1)-c1nc-2nc2[n-]c(nc3nc(nc4[n-]c(n1)c1ccccc41)-c1ccccc1-3)c1ccccc21. The van der Waals surface area contributed by atoms with Gasteiger partial charge in [0.2, 0.25) is 0 Å². The fraction of sp³-hybridized carbons (Fsp3) is 0. The first kappa shape index (κ1) is 47.5. The summed E-state index contributed by atoms with van der Waals surface area (Å²) in [6.45, 7) is 0. The fourth-order valence-electron chi connectivity index (χ4n) is 11.9. The predicted octanol–water partition coefficient (Wildman–Crippen LogP) is 10.0. The molecule has 0 saturated heterocycles. The van der Waals surface area contributed by atoms with Gasteiger partial charge in [0, 0.05) is 44.8 Å². The van der Waals surface area contributed by atoms with E-state index in [2.05, 4.69) is 0 Å². The minimum absolute atomic E-state index is 0. The Bertz CT molecular complexity index is 5050. The van der Waals surface area contributed by atoms with Gasteiger partial charge < -0.3 is 29.9 Å². The van der Waals surface area contributed by atoms with E-state index in [-0.39, 0.29) is 18.6 Å². The van der Waals surface area contributed by atoms with Crippen LogP contribution in [0.3, 0.4) is 0 Å². The van der Waals surface area contributed by atoms with Crippen LogP contribution >= 0.6 is 0 Å². The van der Waals surface area contributed by atoms with Crippen molar-refractivity contribution in [3.05, 3.63) is 227 Å². The molecule has 5 aromatic heterocycles. The zero-order valence-corrected chi connectivity index (χ0v) is 46.9. The Hall–Kier alpha value is -10.3. The number of fused-ring (bicyclic) bond motifs is 34. The van der Waals surface area contributed by atoms with Gasteiger partial charge >= 0.3 is 263 Å². The van der Waals surface area contributed by atoms with Crippen LogP contribution in [0.4, 0.5) is 11.6 Å². The Morgan fingerprint density at radius 3 is 0.867 bits per heavy atom. The second-order valence-electron chi connectivity index (χ2n) is 20.2. The number of rotatable bonds is 0. The van der Waals surface area contributed by atoms with E-state index in [0.29, 0.717) is 91.8 Å². The molecular formula is C64H33GaN16OV. The third-order valence-electron chi connectivity index (χ3n) is 15.6. The molecular weight excluding hydrogens is 1130 g/mol.